The molecule has 3 aromatic rings. The predicted octanol–water partition coefficient (Wildman–Crippen LogP) is 4.96. The topological polar surface area (TPSA) is 30.5 Å². The van der Waals surface area contributed by atoms with Gasteiger partial charge in [-0.25, -0.2) is 0 Å². The third kappa shape index (κ3) is 4.44. The highest BCUT2D eigenvalue weighted by atomic mass is 35.5. The zero-order chi connectivity index (χ0) is 16.8. The Morgan fingerprint density at radius 3 is 2.40 bits per heavy atom. The van der Waals surface area contributed by atoms with Crippen molar-refractivity contribution in [3.63, 3.8) is 0 Å². The van der Waals surface area contributed by atoms with E-state index in [2.05, 4.69) is 47.8 Å². The molecule has 132 valence electrons. The molecule has 0 fully saturated rings. The summed E-state index contributed by atoms with van der Waals surface area (Å²) in [4.78, 5) is 0. The van der Waals surface area contributed by atoms with Crippen molar-refractivity contribution in [2.45, 2.75) is 20.0 Å². The smallest absolute Gasteiger partial charge is 0.124 e. The van der Waals surface area contributed by atoms with Crippen molar-refractivity contribution in [1.29, 1.82) is 0 Å². The van der Waals surface area contributed by atoms with Crippen LogP contribution in [-0.4, -0.2) is 13.7 Å². The van der Waals surface area contributed by atoms with Crippen molar-refractivity contribution in [1.82, 2.24) is 5.32 Å². The summed E-state index contributed by atoms with van der Waals surface area (Å²) >= 11 is 0. The molecule has 4 heteroatoms. The summed E-state index contributed by atoms with van der Waals surface area (Å²) in [5.74, 6) is 1.86. The van der Waals surface area contributed by atoms with Gasteiger partial charge in [0, 0.05) is 24.2 Å². The van der Waals surface area contributed by atoms with Gasteiger partial charge in [-0.1, -0.05) is 48.5 Å². The molecule has 25 heavy (non-hydrogen) atoms. The van der Waals surface area contributed by atoms with Crippen LogP contribution >= 0.6 is 12.4 Å². The van der Waals surface area contributed by atoms with Crippen molar-refractivity contribution in [3.05, 3.63) is 71.8 Å². The van der Waals surface area contributed by atoms with E-state index in [9.17, 15) is 0 Å². The lowest BCUT2D eigenvalue weighted by Crippen LogP contribution is -2.14. The van der Waals surface area contributed by atoms with Gasteiger partial charge in [-0.05, 0) is 29.8 Å². The molecule has 0 aliphatic carbocycles. The number of fused-ring (bicyclic) bond motifs is 1. The molecule has 0 aromatic heterocycles. The van der Waals surface area contributed by atoms with Crippen molar-refractivity contribution < 1.29 is 9.47 Å². The molecule has 0 unspecified atom stereocenters. The number of benzene rings is 3. The molecule has 0 spiro atoms. The molecular formula is C21H24ClNO2. The molecule has 0 atom stereocenters. The van der Waals surface area contributed by atoms with Crippen molar-refractivity contribution in [2.75, 3.05) is 13.7 Å². The van der Waals surface area contributed by atoms with Crippen molar-refractivity contribution in [3.8, 4) is 11.5 Å². The normalized spacial score (nSPS) is 10.3. The lowest BCUT2D eigenvalue weighted by Gasteiger charge is -2.15. The molecule has 0 bridgehead atoms. The van der Waals surface area contributed by atoms with E-state index in [-0.39, 0.29) is 12.4 Å². The maximum atomic E-state index is 5.83. The van der Waals surface area contributed by atoms with E-state index in [0.29, 0.717) is 6.61 Å². The lowest BCUT2D eigenvalue weighted by atomic mass is 10.0. The standard InChI is InChI=1S/C21H23NO2.ClH/c1-3-24-21-13-12-16-8-4-6-10-18(16)19(21)15-22-14-17-9-5-7-11-20(17)23-2;/h4-13,22H,3,14-15H2,1-2H3;1H. The van der Waals surface area contributed by atoms with Gasteiger partial charge in [0.25, 0.3) is 0 Å². The fraction of sp³-hybridized carbons (Fsp3) is 0.238. The summed E-state index contributed by atoms with van der Waals surface area (Å²) in [6, 6.07) is 20.7. The first-order chi connectivity index (χ1) is 11.8. The fourth-order valence-corrected chi connectivity index (χ4v) is 2.96. The summed E-state index contributed by atoms with van der Waals surface area (Å²) in [5, 5.41) is 5.99. The molecule has 3 aromatic carbocycles. The van der Waals surface area contributed by atoms with E-state index >= 15 is 0 Å². The Kier molecular flexibility index (Phi) is 7.11. The van der Waals surface area contributed by atoms with Gasteiger partial charge in [0.1, 0.15) is 11.5 Å². The Balaban J connectivity index is 0.00000225. The van der Waals surface area contributed by atoms with Gasteiger partial charge in [0.05, 0.1) is 13.7 Å². The van der Waals surface area contributed by atoms with Crippen molar-refractivity contribution >= 4 is 23.2 Å². The quantitative estimate of drug-likeness (QED) is 0.648. The average molecular weight is 358 g/mol. The van der Waals surface area contributed by atoms with E-state index in [0.717, 1.165) is 30.2 Å². The Morgan fingerprint density at radius 2 is 1.60 bits per heavy atom. The number of para-hydroxylation sites is 1. The van der Waals surface area contributed by atoms with Crippen LogP contribution < -0.4 is 14.8 Å². The van der Waals surface area contributed by atoms with E-state index < -0.39 is 0 Å². The highest BCUT2D eigenvalue weighted by Gasteiger charge is 2.09. The van der Waals surface area contributed by atoms with Gasteiger partial charge in [0.15, 0.2) is 0 Å². The molecule has 0 aliphatic rings. The maximum absolute atomic E-state index is 5.83. The molecule has 0 aliphatic heterocycles. The molecule has 0 heterocycles. The van der Waals surface area contributed by atoms with Crippen LogP contribution in [0.2, 0.25) is 0 Å². The van der Waals surface area contributed by atoms with Crippen LogP contribution in [0.4, 0.5) is 0 Å². The number of hydrogen-bond acceptors (Lipinski definition) is 3. The molecule has 0 saturated carbocycles. The SMILES string of the molecule is CCOc1ccc2ccccc2c1CNCc1ccccc1OC.Cl. The predicted molar refractivity (Wildman–Crippen MR) is 106 cm³/mol. The summed E-state index contributed by atoms with van der Waals surface area (Å²) in [6.07, 6.45) is 0. The Labute approximate surface area is 155 Å². The monoisotopic (exact) mass is 357 g/mol. The third-order valence-corrected chi connectivity index (χ3v) is 4.11. The zero-order valence-corrected chi connectivity index (χ0v) is 15.4. The van der Waals surface area contributed by atoms with Crippen molar-refractivity contribution in [2.24, 2.45) is 0 Å². The van der Waals surface area contributed by atoms with Gasteiger partial charge in [0.2, 0.25) is 0 Å². The second-order valence-electron chi connectivity index (χ2n) is 5.61. The summed E-state index contributed by atoms with van der Waals surface area (Å²) in [7, 11) is 1.71. The van der Waals surface area contributed by atoms with Gasteiger partial charge in [-0.3, -0.25) is 0 Å². The number of ether oxygens (including phenoxy) is 2. The van der Waals surface area contributed by atoms with Crippen LogP contribution in [-0.2, 0) is 13.1 Å². The minimum Gasteiger partial charge on any atom is -0.496 e. The summed E-state index contributed by atoms with van der Waals surface area (Å²) < 4.78 is 11.2. The Bertz CT molecular complexity index is 820. The number of methoxy groups -OCH3 is 1. The molecule has 3 nitrogen and oxygen atoms in total. The highest BCUT2D eigenvalue weighted by molar-refractivity contribution is 5.87. The van der Waals surface area contributed by atoms with Gasteiger partial charge in [-0.2, -0.15) is 0 Å². The van der Waals surface area contributed by atoms with Crippen LogP contribution in [0.25, 0.3) is 10.8 Å². The molecule has 0 radical (unpaired) electrons. The third-order valence-electron chi connectivity index (χ3n) is 4.11. The van der Waals surface area contributed by atoms with Crippen LogP contribution in [0.15, 0.2) is 60.7 Å². The highest BCUT2D eigenvalue weighted by Crippen LogP contribution is 2.28. The number of nitrogens with one attached hydrogen (secondary N) is 1. The van der Waals surface area contributed by atoms with Crippen LogP contribution in [0.3, 0.4) is 0 Å². The van der Waals surface area contributed by atoms with E-state index in [4.69, 9.17) is 9.47 Å². The molecule has 3 rings (SSSR count). The largest absolute Gasteiger partial charge is 0.496 e. The lowest BCUT2D eigenvalue weighted by molar-refractivity contribution is 0.336. The van der Waals surface area contributed by atoms with Crippen LogP contribution in [0.5, 0.6) is 11.5 Å². The minimum absolute atomic E-state index is 0. The summed E-state index contributed by atoms with van der Waals surface area (Å²) in [5.41, 5.74) is 2.35. The van der Waals surface area contributed by atoms with Gasteiger partial charge >= 0.3 is 0 Å². The second kappa shape index (κ2) is 9.30. The van der Waals surface area contributed by atoms with Gasteiger partial charge < -0.3 is 14.8 Å². The number of halogens is 1. The average Bonchev–Trinajstić information content (AvgIpc) is 2.63. The first-order valence-electron chi connectivity index (χ1n) is 8.29. The van der Waals surface area contributed by atoms with E-state index in [1.165, 1.54) is 16.3 Å². The zero-order valence-electron chi connectivity index (χ0n) is 14.6. The molecular weight excluding hydrogens is 334 g/mol. The second-order valence-corrected chi connectivity index (χ2v) is 5.61. The minimum atomic E-state index is 0. The summed E-state index contributed by atoms with van der Waals surface area (Å²) in [6.45, 7) is 4.17. The first-order valence-corrected chi connectivity index (χ1v) is 8.29. The van der Waals surface area contributed by atoms with E-state index in [1.54, 1.807) is 7.11 Å². The molecule has 0 saturated heterocycles. The number of hydrogen-bond donors (Lipinski definition) is 1. The van der Waals surface area contributed by atoms with Gasteiger partial charge in [-0.15, -0.1) is 12.4 Å². The van der Waals surface area contributed by atoms with Crippen LogP contribution in [0.1, 0.15) is 18.1 Å². The first kappa shape index (κ1) is 19.1. The molecule has 0 amide bonds. The fourth-order valence-electron chi connectivity index (χ4n) is 2.96. The van der Waals surface area contributed by atoms with E-state index in [1.807, 2.05) is 25.1 Å². The Hall–Kier alpha value is -2.23. The Morgan fingerprint density at radius 1 is 0.840 bits per heavy atom. The maximum Gasteiger partial charge on any atom is 0.124 e. The van der Waals surface area contributed by atoms with Crippen LogP contribution in [0, 0.1) is 0 Å². The molecule has 1 N–H and O–H groups in total. The number of rotatable bonds is 7.